The van der Waals surface area contributed by atoms with Gasteiger partial charge in [-0.1, -0.05) is 48.5 Å². The lowest BCUT2D eigenvalue weighted by Gasteiger charge is -2.19. The van der Waals surface area contributed by atoms with Gasteiger partial charge >= 0.3 is 6.09 Å². The summed E-state index contributed by atoms with van der Waals surface area (Å²) in [6, 6.07) is 19.5. The molecular formula is C22H20N2O3. The van der Waals surface area contributed by atoms with Crippen molar-refractivity contribution >= 4 is 22.9 Å². The molecule has 27 heavy (non-hydrogen) atoms. The van der Waals surface area contributed by atoms with Crippen LogP contribution in [0.5, 0.6) is 0 Å². The number of para-hydroxylation sites is 1. The second-order valence-corrected chi connectivity index (χ2v) is 6.72. The van der Waals surface area contributed by atoms with Crippen LogP contribution in [-0.2, 0) is 22.4 Å². The SMILES string of the molecule is O=C(CCc1cnc2ccccc2c1)N1C(=O)OCC1Cc1ccccc1. The average Bonchev–Trinajstić information content (AvgIpc) is 3.07. The minimum absolute atomic E-state index is 0.202. The van der Waals surface area contributed by atoms with Crippen LogP contribution in [-0.4, -0.2) is 34.5 Å². The second-order valence-electron chi connectivity index (χ2n) is 6.72. The molecule has 5 heteroatoms. The summed E-state index contributed by atoms with van der Waals surface area (Å²) in [5, 5.41) is 1.05. The first-order valence-electron chi connectivity index (χ1n) is 9.07. The van der Waals surface area contributed by atoms with Gasteiger partial charge in [0.1, 0.15) is 6.61 Å². The van der Waals surface area contributed by atoms with Gasteiger partial charge in [-0.25, -0.2) is 9.69 Å². The lowest BCUT2D eigenvalue weighted by molar-refractivity contribution is -0.129. The molecule has 1 aromatic heterocycles. The standard InChI is InChI=1S/C22H20N2O3/c25-21(11-10-17-12-18-8-4-5-9-20(18)23-14-17)24-19(15-27-22(24)26)13-16-6-2-1-3-7-16/h1-9,12,14,19H,10-11,13,15H2. The van der Waals surface area contributed by atoms with Gasteiger partial charge < -0.3 is 4.74 Å². The molecule has 136 valence electrons. The zero-order valence-corrected chi connectivity index (χ0v) is 14.9. The number of aryl methyl sites for hydroxylation is 1. The Hall–Kier alpha value is -3.21. The fourth-order valence-corrected chi connectivity index (χ4v) is 3.43. The van der Waals surface area contributed by atoms with Gasteiger partial charge in [-0.05, 0) is 36.1 Å². The minimum Gasteiger partial charge on any atom is -0.447 e. The number of carbonyl (C=O) groups is 2. The first kappa shape index (κ1) is 17.2. The van der Waals surface area contributed by atoms with Gasteiger partial charge in [0.15, 0.2) is 0 Å². The molecule has 1 aliphatic heterocycles. The molecule has 3 aromatic rings. The number of nitrogens with zero attached hydrogens (tertiary/aromatic N) is 2. The highest BCUT2D eigenvalue weighted by Gasteiger charge is 2.37. The van der Waals surface area contributed by atoms with Crippen LogP contribution in [0.25, 0.3) is 10.9 Å². The van der Waals surface area contributed by atoms with Crippen LogP contribution in [0, 0.1) is 0 Å². The summed E-state index contributed by atoms with van der Waals surface area (Å²) >= 11 is 0. The van der Waals surface area contributed by atoms with E-state index in [2.05, 4.69) is 4.98 Å². The first-order chi connectivity index (χ1) is 13.2. The summed E-state index contributed by atoms with van der Waals surface area (Å²) in [6.45, 7) is 0.247. The van der Waals surface area contributed by atoms with Crippen LogP contribution in [0.15, 0.2) is 66.9 Å². The molecule has 2 amide bonds. The number of fused-ring (bicyclic) bond motifs is 1. The van der Waals surface area contributed by atoms with Crippen molar-refractivity contribution in [3.8, 4) is 0 Å². The van der Waals surface area contributed by atoms with Gasteiger partial charge in [0.25, 0.3) is 0 Å². The molecule has 0 N–H and O–H groups in total. The molecule has 1 saturated heterocycles. The lowest BCUT2D eigenvalue weighted by atomic mass is 10.0. The van der Waals surface area contributed by atoms with Crippen LogP contribution < -0.4 is 0 Å². The Balaban J connectivity index is 1.43. The molecule has 0 saturated carbocycles. The maximum Gasteiger partial charge on any atom is 0.416 e. The summed E-state index contributed by atoms with van der Waals surface area (Å²) in [4.78, 5) is 30.5. The molecule has 0 radical (unpaired) electrons. The van der Waals surface area contributed by atoms with E-state index >= 15 is 0 Å². The van der Waals surface area contributed by atoms with Crippen molar-refractivity contribution in [2.75, 3.05) is 6.61 Å². The highest BCUT2D eigenvalue weighted by Crippen LogP contribution is 2.20. The minimum atomic E-state index is -0.544. The highest BCUT2D eigenvalue weighted by atomic mass is 16.6. The van der Waals surface area contributed by atoms with Crippen molar-refractivity contribution in [1.29, 1.82) is 0 Å². The van der Waals surface area contributed by atoms with Crippen LogP contribution in [0.3, 0.4) is 0 Å². The molecule has 2 aromatic carbocycles. The summed E-state index contributed by atoms with van der Waals surface area (Å²) in [6.07, 6.45) is 2.64. The third-order valence-corrected chi connectivity index (χ3v) is 4.82. The van der Waals surface area contributed by atoms with Crippen molar-refractivity contribution in [2.24, 2.45) is 0 Å². The van der Waals surface area contributed by atoms with Crippen LogP contribution in [0.2, 0.25) is 0 Å². The topological polar surface area (TPSA) is 59.5 Å². The Morgan fingerprint density at radius 1 is 1.07 bits per heavy atom. The Kier molecular flexibility index (Phi) is 4.83. The zero-order chi connectivity index (χ0) is 18.6. The smallest absolute Gasteiger partial charge is 0.416 e. The van der Waals surface area contributed by atoms with Gasteiger partial charge in [0.2, 0.25) is 5.91 Å². The van der Waals surface area contributed by atoms with E-state index in [0.29, 0.717) is 12.8 Å². The molecule has 0 aliphatic carbocycles. The predicted octanol–water partition coefficient (Wildman–Crippen LogP) is 3.76. The average molecular weight is 360 g/mol. The molecule has 4 rings (SSSR count). The van der Waals surface area contributed by atoms with Crippen molar-refractivity contribution in [3.63, 3.8) is 0 Å². The van der Waals surface area contributed by atoms with E-state index in [9.17, 15) is 9.59 Å². The van der Waals surface area contributed by atoms with Crippen molar-refractivity contribution in [3.05, 3.63) is 78.0 Å². The maximum absolute atomic E-state index is 12.7. The van der Waals surface area contributed by atoms with E-state index in [1.54, 1.807) is 6.20 Å². The van der Waals surface area contributed by atoms with E-state index in [1.807, 2.05) is 60.7 Å². The number of pyridine rings is 1. The van der Waals surface area contributed by atoms with Crippen LogP contribution in [0.1, 0.15) is 17.5 Å². The zero-order valence-electron chi connectivity index (χ0n) is 14.9. The van der Waals surface area contributed by atoms with Gasteiger partial charge in [0.05, 0.1) is 11.6 Å². The molecule has 5 nitrogen and oxygen atoms in total. The van der Waals surface area contributed by atoms with Gasteiger partial charge in [-0.2, -0.15) is 0 Å². The van der Waals surface area contributed by atoms with Crippen LogP contribution >= 0.6 is 0 Å². The van der Waals surface area contributed by atoms with Crippen LogP contribution in [0.4, 0.5) is 4.79 Å². The Labute approximate surface area is 157 Å². The molecular weight excluding hydrogens is 340 g/mol. The fraction of sp³-hybridized carbons (Fsp3) is 0.227. The Morgan fingerprint density at radius 3 is 2.70 bits per heavy atom. The monoisotopic (exact) mass is 360 g/mol. The van der Waals surface area contributed by atoms with Crippen molar-refractivity contribution < 1.29 is 14.3 Å². The Morgan fingerprint density at radius 2 is 1.85 bits per heavy atom. The number of rotatable bonds is 5. The summed E-state index contributed by atoms with van der Waals surface area (Å²) in [5.41, 5.74) is 2.99. The van der Waals surface area contributed by atoms with E-state index < -0.39 is 6.09 Å². The van der Waals surface area contributed by atoms with Gasteiger partial charge in [0, 0.05) is 18.0 Å². The molecule has 0 spiro atoms. The van der Waals surface area contributed by atoms with Gasteiger partial charge in [-0.15, -0.1) is 0 Å². The third kappa shape index (κ3) is 3.82. The molecule has 1 atom stereocenters. The quantitative estimate of drug-likeness (QED) is 0.695. The number of benzene rings is 2. The lowest BCUT2D eigenvalue weighted by Crippen LogP contribution is -2.40. The highest BCUT2D eigenvalue weighted by molar-refractivity contribution is 5.93. The van der Waals surface area contributed by atoms with Gasteiger partial charge in [-0.3, -0.25) is 9.78 Å². The summed E-state index contributed by atoms with van der Waals surface area (Å²) in [7, 11) is 0. The van der Waals surface area contributed by atoms with Crippen molar-refractivity contribution in [2.45, 2.75) is 25.3 Å². The number of amides is 2. The molecule has 1 fully saturated rings. The number of ether oxygens (including phenoxy) is 1. The van der Waals surface area contributed by atoms with E-state index in [1.165, 1.54) is 4.90 Å². The molecule has 2 heterocycles. The predicted molar refractivity (Wildman–Crippen MR) is 102 cm³/mol. The normalized spacial score (nSPS) is 16.5. The third-order valence-electron chi connectivity index (χ3n) is 4.82. The summed E-state index contributed by atoms with van der Waals surface area (Å²) < 4.78 is 5.13. The molecule has 1 unspecified atom stereocenters. The van der Waals surface area contributed by atoms with E-state index in [0.717, 1.165) is 22.0 Å². The summed E-state index contributed by atoms with van der Waals surface area (Å²) in [5.74, 6) is -0.202. The largest absolute Gasteiger partial charge is 0.447 e. The second kappa shape index (κ2) is 7.58. The van der Waals surface area contributed by atoms with E-state index in [-0.39, 0.29) is 25.0 Å². The van der Waals surface area contributed by atoms with E-state index in [4.69, 9.17) is 4.74 Å². The number of hydrogen-bond acceptors (Lipinski definition) is 4. The Bertz CT molecular complexity index is 971. The number of carbonyl (C=O) groups excluding carboxylic acids is 2. The van der Waals surface area contributed by atoms with Crippen molar-refractivity contribution in [1.82, 2.24) is 9.88 Å². The number of hydrogen-bond donors (Lipinski definition) is 0. The molecule has 1 aliphatic rings. The number of cyclic esters (lactones) is 1. The molecule has 0 bridgehead atoms. The maximum atomic E-state index is 12.7. The first-order valence-corrected chi connectivity index (χ1v) is 9.07. The number of imide groups is 1. The fourth-order valence-electron chi connectivity index (χ4n) is 3.43. The number of aromatic nitrogens is 1.